The van der Waals surface area contributed by atoms with Crippen LogP contribution in [-0.4, -0.2) is 19.9 Å². The van der Waals surface area contributed by atoms with Crippen molar-refractivity contribution < 1.29 is 0 Å². The Balaban J connectivity index is 1.98. The summed E-state index contributed by atoms with van der Waals surface area (Å²) in [5.74, 6) is 8.03. The van der Waals surface area contributed by atoms with Crippen LogP contribution in [0.2, 0.25) is 0 Å². The van der Waals surface area contributed by atoms with Crippen molar-refractivity contribution in [2.24, 2.45) is 5.84 Å². The molecule has 0 aromatic carbocycles. The molecule has 1 aliphatic rings. The molecule has 1 aliphatic carbocycles. The van der Waals surface area contributed by atoms with E-state index in [4.69, 9.17) is 17.3 Å². The molecule has 3 rings (SSSR count). The fourth-order valence-electron chi connectivity index (χ4n) is 1.87. The summed E-state index contributed by atoms with van der Waals surface area (Å²) in [4.78, 5) is 17.3. The Bertz CT molecular complexity index is 665. The second-order valence-corrected chi connectivity index (χ2v) is 5.84. The first-order valence-electron chi connectivity index (χ1n) is 6.50. The highest BCUT2D eigenvalue weighted by atomic mass is 32.2. The summed E-state index contributed by atoms with van der Waals surface area (Å²) >= 11 is 1.30. The molecule has 0 atom stereocenters. The second kappa shape index (κ2) is 5.34. The number of nitrogen functional groups attached to an aromatic ring is 3. The molecule has 0 aliphatic heterocycles. The van der Waals surface area contributed by atoms with Crippen molar-refractivity contribution in [2.75, 3.05) is 16.9 Å². The number of nitrogens with zero attached hydrogens (tertiary/aromatic N) is 4. The summed E-state index contributed by atoms with van der Waals surface area (Å²) in [5, 5.41) is 1.21. The molecule has 0 amide bonds. The third kappa shape index (κ3) is 2.98. The smallest absolute Gasteiger partial charge is 0.197 e. The molecule has 110 valence electrons. The first-order valence-corrected chi connectivity index (χ1v) is 7.31. The van der Waals surface area contributed by atoms with Crippen molar-refractivity contribution in [3.63, 3.8) is 0 Å². The number of nitrogens with two attached hydrogens (primary N) is 3. The number of nitrogens with one attached hydrogen (secondary N) is 1. The monoisotopic (exact) mass is 304 g/mol. The van der Waals surface area contributed by atoms with Crippen molar-refractivity contribution >= 4 is 29.2 Å². The first kappa shape index (κ1) is 13.8. The molecule has 2 heterocycles. The van der Waals surface area contributed by atoms with Crippen LogP contribution >= 0.6 is 11.8 Å². The van der Waals surface area contributed by atoms with E-state index in [0.717, 1.165) is 29.3 Å². The van der Waals surface area contributed by atoms with Gasteiger partial charge in [-0.2, -0.15) is 0 Å². The molecule has 1 saturated carbocycles. The Morgan fingerprint density at radius 3 is 2.38 bits per heavy atom. The van der Waals surface area contributed by atoms with Gasteiger partial charge in [-0.25, -0.2) is 25.8 Å². The van der Waals surface area contributed by atoms with Gasteiger partial charge in [-0.1, -0.05) is 0 Å². The van der Waals surface area contributed by atoms with E-state index in [1.54, 1.807) is 0 Å². The summed E-state index contributed by atoms with van der Waals surface area (Å²) < 4.78 is 0. The summed E-state index contributed by atoms with van der Waals surface area (Å²) in [7, 11) is 0. The Hall–Kier alpha value is -2.13. The fourth-order valence-corrected chi connectivity index (χ4v) is 2.73. The van der Waals surface area contributed by atoms with Crippen molar-refractivity contribution in [1.82, 2.24) is 19.9 Å². The van der Waals surface area contributed by atoms with E-state index in [0.29, 0.717) is 28.5 Å². The minimum Gasteiger partial charge on any atom is -0.383 e. The van der Waals surface area contributed by atoms with Gasteiger partial charge in [0, 0.05) is 17.5 Å². The van der Waals surface area contributed by atoms with Crippen LogP contribution in [-0.2, 0) is 0 Å². The molecule has 0 bridgehead atoms. The normalized spacial score (nSPS) is 14.2. The van der Waals surface area contributed by atoms with Crippen molar-refractivity contribution in [1.29, 1.82) is 0 Å². The fraction of sp³-hybridized carbons (Fsp3) is 0.333. The van der Waals surface area contributed by atoms with E-state index in [9.17, 15) is 0 Å². The number of aromatic nitrogens is 4. The standard InChI is InChI=1S/C12H16N8S/c1-5-9(20-15)18-10(6-2-3-6)19-11(5)21-12-16-7(13)4-8(14)17-12/h4,6H,2-3,15H2,1H3,(H,18,19,20)(H4,13,14,16,17). The van der Waals surface area contributed by atoms with Gasteiger partial charge in [0.05, 0.1) is 0 Å². The molecule has 2 aromatic heterocycles. The van der Waals surface area contributed by atoms with Crippen LogP contribution in [0.25, 0.3) is 0 Å². The number of rotatable bonds is 4. The Labute approximate surface area is 125 Å². The van der Waals surface area contributed by atoms with Crippen molar-refractivity contribution in [2.45, 2.75) is 35.9 Å². The Morgan fingerprint density at radius 1 is 1.14 bits per heavy atom. The third-order valence-corrected chi connectivity index (χ3v) is 4.09. The lowest BCUT2D eigenvalue weighted by atomic mass is 10.3. The molecule has 0 unspecified atom stereocenters. The zero-order valence-corrected chi connectivity index (χ0v) is 12.3. The molecule has 1 fully saturated rings. The van der Waals surface area contributed by atoms with Crippen LogP contribution in [0.15, 0.2) is 16.2 Å². The topological polar surface area (TPSA) is 142 Å². The summed E-state index contributed by atoms with van der Waals surface area (Å²) in [5.41, 5.74) is 14.8. The van der Waals surface area contributed by atoms with E-state index in [2.05, 4.69) is 25.4 Å². The van der Waals surface area contributed by atoms with Gasteiger partial charge >= 0.3 is 0 Å². The molecule has 9 heteroatoms. The summed E-state index contributed by atoms with van der Waals surface area (Å²) in [6.45, 7) is 1.89. The van der Waals surface area contributed by atoms with Gasteiger partial charge in [0.1, 0.15) is 28.3 Å². The lowest BCUT2D eigenvalue weighted by Gasteiger charge is -2.11. The van der Waals surface area contributed by atoms with Gasteiger partial charge in [-0.3, -0.25) is 0 Å². The molecule has 7 N–H and O–H groups in total. The summed E-state index contributed by atoms with van der Waals surface area (Å²) in [6.07, 6.45) is 2.22. The largest absolute Gasteiger partial charge is 0.383 e. The maximum Gasteiger partial charge on any atom is 0.197 e. The zero-order valence-electron chi connectivity index (χ0n) is 11.5. The third-order valence-electron chi connectivity index (χ3n) is 3.13. The van der Waals surface area contributed by atoms with Crippen LogP contribution in [0.5, 0.6) is 0 Å². The molecule has 8 nitrogen and oxygen atoms in total. The predicted molar refractivity (Wildman–Crippen MR) is 81.5 cm³/mol. The molecular formula is C12H16N8S. The van der Waals surface area contributed by atoms with Crippen molar-refractivity contribution in [3.05, 3.63) is 17.5 Å². The van der Waals surface area contributed by atoms with E-state index < -0.39 is 0 Å². The second-order valence-electron chi connectivity index (χ2n) is 4.88. The van der Waals surface area contributed by atoms with E-state index in [-0.39, 0.29) is 0 Å². The molecule has 2 aromatic rings. The highest BCUT2D eigenvalue weighted by Crippen LogP contribution is 2.40. The van der Waals surface area contributed by atoms with E-state index in [1.165, 1.54) is 17.8 Å². The number of hydrogen-bond donors (Lipinski definition) is 4. The SMILES string of the molecule is Cc1c(NN)nc(C2CC2)nc1Sc1nc(N)cc(N)n1. The maximum atomic E-state index is 5.69. The Morgan fingerprint density at radius 2 is 1.81 bits per heavy atom. The lowest BCUT2D eigenvalue weighted by Crippen LogP contribution is -2.13. The Kier molecular flexibility index (Phi) is 3.52. The number of hydrogen-bond acceptors (Lipinski definition) is 9. The average molecular weight is 304 g/mol. The highest BCUT2D eigenvalue weighted by molar-refractivity contribution is 7.99. The van der Waals surface area contributed by atoms with E-state index >= 15 is 0 Å². The van der Waals surface area contributed by atoms with Crippen molar-refractivity contribution in [3.8, 4) is 0 Å². The van der Waals surface area contributed by atoms with Gasteiger partial charge in [0.15, 0.2) is 5.16 Å². The molecular weight excluding hydrogens is 288 g/mol. The van der Waals surface area contributed by atoms with Crippen LogP contribution < -0.4 is 22.7 Å². The number of hydrazine groups is 1. The van der Waals surface area contributed by atoms with Gasteiger partial charge in [-0.05, 0) is 31.5 Å². The van der Waals surface area contributed by atoms with Crippen LogP contribution in [0, 0.1) is 6.92 Å². The zero-order chi connectivity index (χ0) is 15.0. The minimum absolute atomic E-state index is 0.330. The van der Waals surface area contributed by atoms with Crippen LogP contribution in [0.3, 0.4) is 0 Å². The number of anilines is 3. The lowest BCUT2D eigenvalue weighted by molar-refractivity contribution is 0.858. The quantitative estimate of drug-likeness (QED) is 0.282. The van der Waals surface area contributed by atoms with Gasteiger partial charge in [0.2, 0.25) is 0 Å². The minimum atomic E-state index is 0.330. The van der Waals surface area contributed by atoms with Crippen LogP contribution in [0.4, 0.5) is 17.5 Å². The molecule has 0 saturated heterocycles. The van der Waals surface area contributed by atoms with Gasteiger partial charge < -0.3 is 16.9 Å². The van der Waals surface area contributed by atoms with Gasteiger partial charge in [-0.15, -0.1) is 0 Å². The summed E-state index contributed by atoms with van der Waals surface area (Å²) in [6, 6.07) is 1.51. The highest BCUT2D eigenvalue weighted by Gasteiger charge is 2.28. The first-order chi connectivity index (χ1) is 10.1. The van der Waals surface area contributed by atoms with E-state index in [1.807, 2.05) is 6.92 Å². The maximum absolute atomic E-state index is 5.69. The molecule has 0 spiro atoms. The average Bonchev–Trinajstić information content (AvgIpc) is 3.24. The predicted octanol–water partition coefficient (Wildman–Crippen LogP) is 1.05. The van der Waals surface area contributed by atoms with Crippen LogP contribution in [0.1, 0.15) is 30.1 Å². The molecule has 0 radical (unpaired) electrons. The molecule has 21 heavy (non-hydrogen) atoms. The van der Waals surface area contributed by atoms with Gasteiger partial charge in [0.25, 0.3) is 0 Å².